The summed E-state index contributed by atoms with van der Waals surface area (Å²) in [5, 5.41) is 18.9. The monoisotopic (exact) mass is 165 g/mol. The highest BCUT2D eigenvalue weighted by atomic mass is 16.3. The van der Waals surface area contributed by atoms with Crippen LogP contribution in [0.1, 0.15) is 33.1 Å². The molecule has 0 radical (unpaired) electrons. The smallest absolute Gasteiger partial charge is 0.0696 e. The molecule has 66 valence electrons. The molecule has 2 bridgehead atoms. The van der Waals surface area contributed by atoms with E-state index in [-0.39, 0.29) is 16.9 Å². The van der Waals surface area contributed by atoms with E-state index < -0.39 is 0 Å². The minimum Gasteiger partial charge on any atom is -0.392 e. The molecular formula is C10H15NO. The van der Waals surface area contributed by atoms with Gasteiger partial charge in [-0.1, -0.05) is 6.92 Å². The number of nitrogens with zero attached hydrogens (tertiary/aromatic N) is 1. The van der Waals surface area contributed by atoms with Crippen LogP contribution in [0.4, 0.5) is 0 Å². The molecule has 2 aliphatic rings. The number of aliphatic hydroxyl groups excluding tert-OH is 1. The van der Waals surface area contributed by atoms with Crippen LogP contribution in [0.3, 0.4) is 0 Å². The Kier molecular flexibility index (Phi) is 1.36. The first kappa shape index (κ1) is 8.07. The van der Waals surface area contributed by atoms with E-state index in [4.69, 9.17) is 5.26 Å². The predicted octanol–water partition coefficient (Wildman–Crippen LogP) is 1.70. The van der Waals surface area contributed by atoms with Crippen molar-refractivity contribution >= 4 is 0 Å². The molecular weight excluding hydrogens is 150 g/mol. The van der Waals surface area contributed by atoms with Gasteiger partial charge in [-0.2, -0.15) is 5.26 Å². The maximum atomic E-state index is 9.79. The first-order valence-corrected chi connectivity index (χ1v) is 4.64. The van der Waals surface area contributed by atoms with Crippen molar-refractivity contribution in [1.82, 2.24) is 0 Å². The third-order valence-corrected chi connectivity index (χ3v) is 4.49. The molecule has 0 saturated heterocycles. The average molecular weight is 165 g/mol. The molecule has 12 heavy (non-hydrogen) atoms. The van der Waals surface area contributed by atoms with Crippen molar-refractivity contribution in [2.24, 2.45) is 16.7 Å². The maximum absolute atomic E-state index is 9.79. The highest BCUT2D eigenvalue weighted by Gasteiger charge is 2.64. The van der Waals surface area contributed by atoms with E-state index in [1.807, 2.05) is 6.92 Å². The molecule has 2 saturated carbocycles. The summed E-state index contributed by atoms with van der Waals surface area (Å²) in [7, 11) is 0. The average Bonchev–Trinajstić information content (AvgIpc) is 2.39. The Morgan fingerprint density at radius 1 is 1.50 bits per heavy atom. The lowest BCUT2D eigenvalue weighted by Gasteiger charge is -2.34. The Hall–Kier alpha value is -0.550. The summed E-state index contributed by atoms with van der Waals surface area (Å²) in [4.78, 5) is 0. The third-order valence-electron chi connectivity index (χ3n) is 4.49. The summed E-state index contributed by atoms with van der Waals surface area (Å²) in [5.74, 6) is 0.433. The molecule has 2 nitrogen and oxygen atoms in total. The van der Waals surface area contributed by atoms with Gasteiger partial charge in [-0.3, -0.25) is 0 Å². The van der Waals surface area contributed by atoms with Gasteiger partial charge >= 0.3 is 0 Å². The van der Waals surface area contributed by atoms with E-state index in [9.17, 15) is 5.11 Å². The molecule has 2 fully saturated rings. The van der Waals surface area contributed by atoms with Gasteiger partial charge in [-0.25, -0.2) is 0 Å². The molecule has 4 unspecified atom stereocenters. The summed E-state index contributed by atoms with van der Waals surface area (Å²) in [6.45, 7) is 4.08. The van der Waals surface area contributed by atoms with Gasteiger partial charge in [-0.15, -0.1) is 0 Å². The van der Waals surface area contributed by atoms with Gasteiger partial charge in [0.1, 0.15) is 0 Å². The molecule has 0 aromatic heterocycles. The van der Waals surface area contributed by atoms with E-state index in [0.29, 0.717) is 5.92 Å². The van der Waals surface area contributed by atoms with Gasteiger partial charge in [0.15, 0.2) is 0 Å². The molecule has 4 atom stereocenters. The van der Waals surface area contributed by atoms with E-state index in [1.165, 1.54) is 0 Å². The topological polar surface area (TPSA) is 44.0 Å². The highest BCUT2D eigenvalue weighted by Crippen LogP contribution is 2.65. The minimum atomic E-state index is -0.271. The van der Waals surface area contributed by atoms with Crippen molar-refractivity contribution in [3.8, 4) is 6.07 Å². The number of hydrogen-bond donors (Lipinski definition) is 1. The quantitative estimate of drug-likeness (QED) is 0.593. The SMILES string of the molecule is CC1(C#N)C2CCC1(C)C(O)C2. The molecule has 0 aromatic rings. The molecule has 0 heterocycles. The Balaban J connectivity index is 2.46. The first-order chi connectivity index (χ1) is 5.54. The van der Waals surface area contributed by atoms with Crippen LogP contribution in [-0.2, 0) is 0 Å². The Morgan fingerprint density at radius 2 is 2.17 bits per heavy atom. The van der Waals surface area contributed by atoms with Crippen LogP contribution in [0.25, 0.3) is 0 Å². The van der Waals surface area contributed by atoms with Crippen LogP contribution in [0.2, 0.25) is 0 Å². The maximum Gasteiger partial charge on any atom is 0.0696 e. The molecule has 0 aromatic carbocycles. The number of fused-ring (bicyclic) bond motifs is 2. The number of hydrogen-bond acceptors (Lipinski definition) is 2. The zero-order valence-electron chi connectivity index (χ0n) is 7.67. The van der Waals surface area contributed by atoms with Crippen molar-refractivity contribution in [2.75, 3.05) is 0 Å². The third kappa shape index (κ3) is 0.603. The van der Waals surface area contributed by atoms with Crippen molar-refractivity contribution in [1.29, 1.82) is 5.26 Å². The first-order valence-electron chi connectivity index (χ1n) is 4.64. The van der Waals surface area contributed by atoms with E-state index >= 15 is 0 Å². The Labute approximate surface area is 73.2 Å². The van der Waals surface area contributed by atoms with Gasteiger partial charge in [-0.05, 0) is 32.1 Å². The van der Waals surface area contributed by atoms with Crippen molar-refractivity contribution < 1.29 is 5.11 Å². The highest BCUT2D eigenvalue weighted by molar-refractivity contribution is 5.20. The fourth-order valence-corrected chi connectivity index (χ4v) is 3.10. The predicted molar refractivity (Wildman–Crippen MR) is 45.2 cm³/mol. The van der Waals surface area contributed by atoms with E-state index in [0.717, 1.165) is 19.3 Å². The van der Waals surface area contributed by atoms with Crippen LogP contribution in [0.5, 0.6) is 0 Å². The minimum absolute atomic E-state index is 0.133. The lowest BCUT2D eigenvalue weighted by atomic mass is 9.69. The van der Waals surface area contributed by atoms with Gasteiger partial charge in [0.05, 0.1) is 17.6 Å². The van der Waals surface area contributed by atoms with Crippen molar-refractivity contribution in [3.05, 3.63) is 0 Å². The summed E-state index contributed by atoms with van der Waals surface area (Å²) in [6, 6.07) is 2.41. The molecule has 2 aliphatic carbocycles. The fraction of sp³-hybridized carbons (Fsp3) is 0.900. The molecule has 1 N–H and O–H groups in total. The second-order valence-corrected chi connectivity index (χ2v) is 4.72. The number of nitriles is 1. The molecule has 0 amide bonds. The second-order valence-electron chi connectivity index (χ2n) is 4.72. The molecule has 0 aliphatic heterocycles. The molecule has 2 heteroatoms. The fourth-order valence-electron chi connectivity index (χ4n) is 3.10. The van der Waals surface area contributed by atoms with Gasteiger partial charge in [0.25, 0.3) is 0 Å². The lowest BCUT2D eigenvalue weighted by molar-refractivity contribution is 0.0245. The summed E-state index contributed by atoms with van der Waals surface area (Å²) < 4.78 is 0. The standard InChI is InChI=1S/C10H15NO/c1-9-4-3-7(5-8(9)12)10(9,2)6-11/h7-8,12H,3-5H2,1-2H3. The van der Waals surface area contributed by atoms with Gasteiger partial charge < -0.3 is 5.11 Å². The Bertz CT molecular complexity index is 257. The van der Waals surface area contributed by atoms with Crippen molar-refractivity contribution in [2.45, 2.75) is 39.2 Å². The zero-order valence-corrected chi connectivity index (χ0v) is 7.67. The van der Waals surface area contributed by atoms with Crippen LogP contribution in [-0.4, -0.2) is 11.2 Å². The zero-order chi connectivity index (χ0) is 8.98. The second kappa shape index (κ2) is 2.03. The number of rotatable bonds is 0. The lowest BCUT2D eigenvalue weighted by Crippen LogP contribution is -2.36. The van der Waals surface area contributed by atoms with E-state index in [2.05, 4.69) is 13.0 Å². The van der Waals surface area contributed by atoms with Gasteiger partial charge in [0, 0.05) is 5.41 Å². The Morgan fingerprint density at radius 3 is 2.42 bits per heavy atom. The van der Waals surface area contributed by atoms with Crippen LogP contribution >= 0.6 is 0 Å². The van der Waals surface area contributed by atoms with Gasteiger partial charge in [0.2, 0.25) is 0 Å². The number of aliphatic hydroxyl groups is 1. The molecule has 0 spiro atoms. The largest absolute Gasteiger partial charge is 0.392 e. The summed E-state index contributed by atoms with van der Waals surface area (Å²) in [6.07, 6.45) is 2.72. The summed E-state index contributed by atoms with van der Waals surface area (Å²) >= 11 is 0. The summed E-state index contributed by atoms with van der Waals surface area (Å²) in [5.41, 5.74) is -0.404. The van der Waals surface area contributed by atoms with Crippen LogP contribution < -0.4 is 0 Å². The molecule has 2 rings (SSSR count). The normalized spacial score (nSPS) is 57.2. The van der Waals surface area contributed by atoms with E-state index in [1.54, 1.807) is 0 Å². The van der Waals surface area contributed by atoms with Crippen molar-refractivity contribution in [3.63, 3.8) is 0 Å². The van der Waals surface area contributed by atoms with Crippen LogP contribution in [0, 0.1) is 28.1 Å². The van der Waals surface area contributed by atoms with Crippen LogP contribution in [0.15, 0.2) is 0 Å².